The molecular formula is C18H19FN4O. The second-order valence-electron chi connectivity index (χ2n) is 6.67. The van der Waals surface area contributed by atoms with Crippen molar-refractivity contribution in [3.63, 3.8) is 0 Å². The zero-order chi connectivity index (χ0) is 16.1. The Morgan fingerprint density at radius 3 is 3.12 bits per heavy atom. The number of rotatable bonds is 2. The molecule has 3 aromatic rings. The summed E-state index contributed by atoms with van der Waals surface area (Å²) in [7, 11) is 0. The molecule has 0 saturated carbocycles. The van der Waals surface area contributed by atoms with E-state index in [4.69, 9.17) is 4.52 Å². The summed E-state index contributed by atoms with van der Waals surface area (Å²) in [5, 5.41) is 8.42. The number of benzene rings is 1. The Bertz CT molecular complexity index is 900. The van der Waals surface area contributed by atoms with Gasteiger partial charge in [0.15, 0.2) is 0 Å². The molecular weight excluding hydrogens is 307 g/mol. The maximum atomic E-state index is 14.2. The van der Waals surface area contributed by atoms with Crippen LogP contribution in [-0.4, -0.2) is 34.0 Å². The number of aryl methyl sites for hydroxylation is 1. The van der Waals surface area contributed by atoms with E-state index >= 15 is 0 Å². The van der Waals surface area contributed by atoms with Crippen LogP contribution in [0, 0.1) is 0 Å². The van der Waals surface area contributed by atoms with Crippen molar-refractivity contribution in [3.05, 3.63) is 35.9 Å². The first-order chi connectivity index (χ1) is 11.8. The minimum absolute atomic E-state index is 0.297. The Hall–Kier alpha value is -2.21. The summed E-state index contributed by atoms with van der Waals surface area (Å²) in [6.07, 6.45) is 1.88. The molecule has 0 radical (unpaired) electrons. The first-order valence-corrected chi connectivity index (χ1v) is 8.62. The average molecular weight is 326 g/mol. The molecule has 2 aliphatic heterocycles. The number of nitrogens with zero attached hydrogens (tertiary/aromatic N) is 3. The number of alkyl halides is 1. The summed E-state index contributed by atoms with van der Waals surface area (Å²) in [6.45, 7) is 2.17. The lowest BCUT2D eigenvalue weighted by Crippen LogP contribution is -2.36. The van der Waals surface area contributed by atoms with Gasteiger partial charge in [0.2, 0.25) is 11.7 Å². The standard InChI is InChI=1S/C18H19FN4O/c19-13-10-20-8-7-11(13)18-21-17(22-24-18)16-12-4-1-2-5-14(12)23-9-3-6-15(16)23/h1-2,4-5,11,13,20H,3,6-10H2/t11-,13-/m0/s1. The van der Waals surface area contributed by atoms with Gasteiger partial charge >= 0.3 is 0 Å². The lowest BCUT2D eigenvalue weighted by Gasteiger charge is -2.23. The molecule has 1 fully saturated rings. The van der Waals surface area contributed by atoms with Gasteiger partial charge in [-0.15, -0.1) is 0 Å². The summed E-state index contributed by atoms with van der Waals surface area (Å²) < 4.78 is 22.0. The van der Waals surface area contributed by atoms with E-state index in [1.165, 1.54) is 11.2 Å². The lowest BCUT2D eigenvalue weighted by atomic mass is 9.96. The number of fused-ring (bicyclic) bond motifs is 3. The number of piperidine rings is 1. The van der Waals surface area contributed by atoms with Crippen molar-refractivity contribution in [1.29, 1.82) is 0 Å². The molecule has 124 valence electrons. The minimum Gasteiger partial charge on any atom is -0.344 e. The van der Waals surface area contributed by atoms with E-state index in [1.54, 1.807) is 0 Å². The molecule has 2 aliphatic rings. The van der Waals surface area contributed by atoms with E-state index in [-0.39, 0.29) is 5.92 Å². The fourth-order valence-electron chi connectivity index (χ4n) is 4.11. The molecule has 0 spiro atoms. The topological polar surface area (TPSA) is 55.9 Å². The maximum absolute atomic E-state index is 14.2. The highest BCUT2D eigenvalue weighted by Crippen LogP contribution is 2.38. The second-order valence-corrected chi connectivity index (χ2v) is 6.67. The third kappa shape index (κ3) is 2.02. The lowest BCUT2D eigenvalue weighted by molar-refractivity contribution is 0.197. The van der Waals surface area contributed by atoms with Crippen LogP contribution in [0.5, 0.6) is 0 Å². The highest BCUT2D eigenvalue weighted by molar-refractivity contribution is 5.96. The van der Waals surface area contributed by atoms with Gasteiger partial charge in [0.1, 0.15) is 6.17 Å². The molecule has 5 nitrogen and oxygen atoms in total. The summed E-state index contributed by atoms with van der Waals surface area (Å²) in [6, 6.07) is 8.34. The van der Waals surface area contributed by atoms with Crippen molar-refractivity contribution in [3.8, 4) is 11.4 Å². The molecule has 0 bridgehead atoms. The first kappa shape index (κ1) is 14.2. The van der Waals surface area contributed by atoms with Gasteiger partial charge in [-0.1, -0.05) is 23.4 Å². The van der Waals surface area contributed by atoms with Crippen molar-refractivity contribution in [2.24, 2.45) is 0 Å². The fourth-order valence-corrected chi connectivity index (χ4v) is 4.11. The Morgan fingerprint density at radius 2 is 2.21 bits per heavy atom. The van der Waals surface area contributed by atoms with Gasteiger partial charge in [-0.3, -0.25) is 0 Å². The van der Waals surface area contributed by atoms with E-state index in [0.29, 0.717) is 24.7 Å². The second kappa shape index (κ2) is 5.41. The van der Waals surface area contributed by atoms with Crippen LogP contribution in [0.3, 0.4) is 0 Å². The van der Waals surface area contributed by atoms with Gasteiger partial charge in [0.05, 0.1) is 11.5 Å². The minimum atomic E-state index is -0.969. The highest BCUT2D eigenvalue weighted by atomic mass is 19.1. The summed E-state index contributed by atoms with van der Waals surface area (Å²) in [5.74, 6) is 0.734. The molecule has 0 aliphatic carbocycles. The van der Waals surface area contributed by atoms with Crippen molar-refractivity contribution < 1.29 is 8.91 Å². The van der Waals surface area contributed by atoms with Crippen molar-refractivity contribution in [2.45, 2.75) is 37.9 Å². The number of aromatic nitrogens is 3. The van der Waals surface area contributed by atoms with Gasteiger partial charge in [-0.05, 0) is 31.9 Å². The number of hydrogen-bond donors (Lipinski definition) is 1. The fraction of sp³-hybridized carbons (Fsp3) is 0.444. The normalized spacial score (nSPS) is 23.7. The number of hydrogen-bond acceptors (Lipinski definition) is 4. The molecule has 0 amide bonds. The maximum Gasteiger partial charge on any atom is 0.233 e. The van der Waals surface area contributed by atoms with Crippen LogP contribution in [0.4, 0.5) is 4.39 Å². The molecule has 1 aromatic carbocycles. The van der Waals surface area contributed by atoms with Gasteiger partial charge < -0.3 is 14.4 Å². The average Bonchev–Trinajstić information content (AvgIpc) is 3.30. The summed E-state index contributed by atoms with van der Waals surface area (Å²) in [5.41, 5.74) is 3.55. The molecule has 1 N–H and O–H groups in total. The number of halogens is 1. The first-order valence-electron chi connectivity index (χ1n) is 8.62. The van der Waals surface area contributed by atoms with Crippen LogP contribution in [0.1, 0.15) is 30.3 Å². The third-order valence-corrected chi connectivity index (χ3v) is 5.26. The molecule has 5 rings (SSSR count). The highest BCUT2D eigenvalue weighted by Gasteiger charge is 2.32. The van der Waals surface area contributed by atoms with E-state index in [0.717, 1.165) is 36.9 Å². The number of para-hydroxylation sites is 1. The van der Waals surface area contributed by atoms with Crippen LogP contribution in [0.15, 0.2) is 28.8 Å². The van der Waals surface area contributed by atoms with Crippen LogP contribution < -0.4 is 5.32 Å². The summed E-state index contributed by atoms with van der Waals surface area (Å²) in [4.78, 5) is 4.60. The quantitative estimate of drug-likeness (QED) is 0.786. The predicted octanol–water partition coefficient (Wildman–Crippen LogP) is 3.05. The monoisotopic (exact) mass is 326 g/mol. The Kier molecular flexibility index (Phi) is 3.19. The van der Waals surface area contributed by atoms with Crippen LogP contribution in [0.25, 0.3) is 22.3 Å². The molecule has 2 aromatic heterocycles. The molecule has 2 atom stereocenters. The van der Waals surface area contributed by atoms with Crippen LogP contribution in [0.2, 0.25) is 0 Å². The Morgan fingerprint density at radius 1 is 1.29 bits per heavy atom. The van der Waals surface area contributed by atoms with Gasteiger partial charge in [0.25, 0.3) is 0 Å². The smallest absolute Gasteiger partial charge is 0.233 e. The van der Waals surface area contributed by atoms with E-state index in [9.17, 15) is 4.39 Å². The zero-order valence-corrected chi connectivity index (χ0v) is 13.3. The zero-order valence-electron chi connectivity index (χ0n) is 13.3. The predicted molar refractivity (Wildman–Crippen MR) is 88.7 cm³/mol. The summed E-state index contributed by atoms with van der Waals surface area (Å²) >= 11 is 0. The van der Waals surface area contributed by atoms with Gasteiger partial charge in [-0.25, -0.2) is 4.39 Å². The third-order valence-electron chi connectivity index (χ3n) is 5.26. The molecule has 0 unspecified atom stereocenters. The molecule has 24 heavy (non-hydrogen) atoms. The Balaban J connectivity index is 1.62. The van der Waals surface area contributed by atoms with Crippen molar-refractivity contribution in [1.82, 2.24) is 20.0 Å². The van der Waals surface area contributed by atoms with Gasteiger partial charge in [-0.2, -0.15) is 4.98 Å². The van der Waals surface area contributed by atoms with E-state index < -0.39 is 6.17 Å². The molecule has 6 heteroatoms. The molecule has 4 heterocycles. The number of nitrogens with one attached hydrogen (secondary N) is 1. The van der Waals surface area contributed by atoms with E-state index in [2.05, 4.69) is 38.2 Å². The van der Waals surface area contributed by atoms with Gasteiger partial charge in [0, 0.05) is 29.7 Å². The van der Waals surface area contributed by atoms with Crippen molar-refractivity contribution in [2.75, 3.05) is 13.1 Å². The largest absolute Gasteiger partial charge is 0.344 e. The van der Waals surface area contributed by atoms with Crippen LogP contribution in [-0.2, 0) is 13.0 Å². The SMILES string of the molecule is F[C@H]1CNCC[C@@H]1c1nc(-c2c3n(c4ccccc24)CCC3)no1. The van der Waals surface area contributed by atoms with E-state index in [1.807, 2.05) is 6.07 Å². The van der Waals surface area contributed by atoms with Crippen molar-refractivity contribution >= 4 is 10.9 Å². The van der Waals surface area contributed by atoms with Crippen LogP contribution >= 0.6 is 0 Å². The Labute approximate surface area is 138 Å². The molecule has 1 saturated heterocycles.